The van der Waals surface area contributed by atoms with Crippen molar-refractivity contribution in [3.8, 4) is 0 Å². The molecule has 2 aromatic rings. The Morgan fingerprint density at radius 3 is 2.71 bits per heavy atom. The highest BCUT2D eigenvalue weighted by Gasteiger charge is 2.32. The molecule has 21 heavy (non-hydrogen) atoms. The zero-order valence-corrected chi connectivity index (χ0v) is 11.9. The van der Waals surface area contributed by atoms with Crippen LogP contribution in [-0.2, 0) is 26.2 Å². The van der Waals surface area contributed by atoms with Crippen LogP contribution in [0, 0.1) is 0 Å². The van der Waals surface area contributed by atoms with Gasteiger partial charge in [-0.1, -0.05) is 11.6 Å². The number of nitrogens with zero attached hydrogens (tertiary/aromatic N) is 4. The van der Waals surface area contributed by atoms with Gasteiger partial charge in [0.25, 0.3) is 0 Å². The summed E-state index contributed by atoms with van der Waals surface area (Å²) in [5, 5.41) is 0.00389. The molecule has 0 bridgehead atoms. The Morgan fingerprint density at radius 1 is 1.29 bits per heavy atom. The predicted octanol–water partition coefficient (Wildman–Crippen LogP) is 3.05. The van der Waals surface area contributed by atoms with E-state index >= 15 is 0 Å². The maximum atomic E-state index is 12.6. The molecule has 0 atom stereocenters. The molecule has 3 heterocycles. The number of halogens is 4. The van der Waals surface area contributed by atoms with Crippen LogP contribution in [0.2, 0.25) is 5.02 Å². The number of imidazole rings is 1. The van der Waals surface area contributed by atoms with Gasteiger partial charge in [-0.2, -0.15) is 13.2 Å². The van der Waals surface area contributed by atoms with Crippen molar-refractivity contribution in [2.24, 2.45) is 7.05 Å². The molecular formula is C13H12ClF3N4. The Hall–Kier alpha value is -1.76. The first kappa shape index (κ1) is 14.2. The van der Waals surface area contributed by atoms with Gasteiger partial charge >= 0.3 is 6.18 Å². The minimum absolute atomic E-state index is 0.00389. The van der Waals surface area contributed by atoms with Gasteiger partial charge in [0.05, 0.1) is 29.2 Å². The van der Waals surface area contributed by atoms with Gasteiger partial charge in [-0.05, 0) is 6.07 Å². The Labute approximate surface area is 124 Å². The highest BCUT2D eigenvalue weighted by Crippen LogP contribution is 2.34. The van der Waals surface area contributed by atoms with Gasteiger partial charge in [0.2, 0.25) is 0 Å². The lowest BCUT2D eigenvalue weighted by molar-refractivity contribution is -0.137. The quantitative estimate of drug-likeness (QED) is 0.811. The third-order valence-electron chi connectivity index (χ3n) is 3.55. The van der Waals surface area contributed by atoms with E-state index in [0.717, 1.165) is 30.1 Å². The maximum absolute atomic E-state index is 12.6. The third kappa shape index (κ3) is 2.57. The number of pyridine rings is 1. The molecule has 2 aromatic heterocycles. The molecule has 1 aliphatic heterocycles. The van der Waals surface area contributed by atoms with E-state index in [2.05, 4.69) is 9.97 Å². The van der Waals surface area contributed by atoms with Crippen molar-refractivity contribution in [1.82, 2.24) is 14.5 Å². The molecule has 0 aliphatic carbocycles. The summed E-state index contributed by atoms with van der Waals surface area (Å²) < 4.78 is 39.8. The molecule has 0 spiro atoms. The normalized spacial score (nSPS) is 15.2. The van der Waals surface area contributed by atoms with Crippen LogP contribution in [0.4, 0.5) is 19.0 Å². The van der Waals surface area contributed by atoms with Gasteiger partial charge in [0.15, 0.2) is 0 Å². The van der Waals surface area contributed by atoms with Crippen molar-refractivity contribution < 1.29 is 13.2 Å². The summed E-state index contributed by atoms with van der Waals surface area (Å²) in [5.74, 6) is 0.362. The van der Waals surface area contributed by atoms with Gasteiger partial charge < -0.3 is 9.47 Å². The highest BCUT2D eigenvalue weighted by atomic mass is 35.5. The molecule has 0 aromatic carbocycles. The van der Waals surface area contributed by atoms with Crippen LogP contribution in [0.25, 0.3) is 0 Å². The molecular weight excluding hydrogens is 305 g/mol. The number of aryl methyl sites for hydroxylation is 1. The largest absolute Gasteiger partial charge is 0.417 e. The van der Waals surface area contributed by atoms with E-state index in [1.54, 1.807) is 6.33 Å². The second kappa shape index (κ2) is 4.91. The zero-order valence-electron chi connectivity index (χ0n) is 11.2. The van der Waals surface area contributed by atoms with Crippen molar-refractivity contribution >= 4 is 17.4 Å². The van der Waals surface area contributed by atoms with Crippen LogP contribution in [0.5, 0.6) is 0 Å². The number of fused-ring (bicyclic) bond motifs is 1. The second-order valence-electron chi connectivity index (χ2n) is 4.95. The Bertz CT molecular complexity index is 681. The van der Waals surface area contributed by atoms with Gasteiger partial charge in [-0.25, -0.2) is 9.97 Å². The van der Waals surface area contributed by atoms with Crippen molar-refractivity contribution in [2.75, 3.05) is 11.4 Å². The number of hydrogen-bond acceptors (Lipinski definition) is 3. The Kier molecular flexibility index (Phi) is 3.32. The summed E-state index contributed by atoms with van der Waals surface area (Å²) in [4.78, 5) is 10.0. The van der Waals surface area contributed by atoms with E-state index in [1.807, 2.05) is 16.5 Å². The fourth-order valence-corrected chi connectivity index (χ4v) is 2.74. The lowest BCUT2D eigenvalue weighted by Crippen LogP contribution is -2.32. The monoisotopic (exact) mass is 316 g/mol. The highest BCUT2D eigenvalue weighted by molar-refractivity contribution is 6.33. The maximum Gasteiger partial charge on any atom is 0.417 e. The minimum atomic E-state index is -4.44. The number of alkyl halides is 3. The van der Waals surface area contributed by atoms with Crippen LogP contribution in [0.15, 0.2) is 18.6 Å². The third-order valence-corrected chi connectivity index (χ3v) is 3.83. The zero-order chi connectivity index (χ0) is 15.2. The Morgan fingerprint density at radius 2 is 2.05 bits per heavy atom. The molecule has 0 N–H and O–H groups in total. The lowest BCUT2D eigenvalue weighted by Gasteiger charge is -2.28. The minimum Gasteiger partial charge on any atom is -0.349 e. The van der Waals surface area contributed by atoms with Crippen molar-refractivity contribution in [3.63, 3.8) is 0 Å². The topological polar surface area (TPSA) is 34.0 Å². The Balaban J connectivity index is 1.89. The molecule has 0 saturated heterocycles. The van der Waals surface area contributed by atoms with Crippen molar-refractivity contribution in [1.29, 1.82) is 0 Å². The summed E-state index contributed by atoms with van der Waals surface area (Å²) in [6, 6.07) is 0.915. The van der Waals surface area contributed by atoms with Crippen LogP contribution >= 0.6 is 11.6 Å². The summed E-state index contributed by atoms with van der Waals surface area (Å²) in [6.45, 7) is 1.14. The van der Waals surface area contributed by atoms with Crippen LogP contribution in [0.1, 0.15) is 17.0 Å². The lowest BCUT2D eigenvalue weighted by atomic mass is 10.1. The van der Waals surface area contributed by atoms with E-state index < -0.39 is 11.7 Å². The van der Waals surface area contributed by atoms with E-state index in [1.165, 1.54) is 0 Å². The molecule has 0 unspecified atom stereocenters. The molecule has 0 fully saturated rings. The molecule has 0 radical (unpaired) electrons. The smallest absolute Gasteiger partial charge is 0.349 e. The number of anilines is 1. The summed E-state index contributed by atoms with van der Waals surface area (Å²) >= 11 is 5.97. The second-order valence-corrected chi connectivity index (χ2v) is 5.35. The van der Waals surface area contributed by atoms with Gasteiger partial charge in [0.1, 0.15) is 5.82 Å². The van der Waals surface area contributed by atoms with E-state index in [-0.39, 0.29) is 5.02 Å². The van der Waals surface area contributed by atoms with Crippen molar-refractivity contribution in [3.05, 3.63) is 40.6 Å². The summed E-state index contributed by atoms with van der Waals surface area (Å²) in [5.41, 5.74) is 1.20. The summed E-state index contributed by atoms with van der Waals surface area (Å²) in [7, 11) is 1.92. The van der Waals surface area contributed by atoms with E-state index in [9.17, 15) is 13.2 Å². The standard InChI is InChI=1S/C13H12ClF3N4/c1-20-7-19-10-6-21(3-2-11(10)20)12-9(14)4-8(5-18-12)13(15,16)17/h4-5,7H,2-3,6H2,1H3. The molecule has 8 heteroatoms. The van der Waals surface area contributed by atoms with E-state index in [0.29, 0.717) is 18.9 Å². The number of aromatic nitrogens is 3. The van der Waals surface area contributed by atoms with Crippen LogP contribution in [-0.4, -0.2) is 21.1 Å². The first-order valence-corrected chi connectivity index (χ1v) is 6.71. The molecule has 4 nitrogen and oxygen atoms in total. The average molecular weight is 317 g/mol. The first-order valence-electron chi connectivity index (χ1n) is 6.33. The predicted molar refractivity (Wildman–Crippen MR) is 72.2 cm³/mol. The van der Waals surface area contributed by atoms with Gasteiger partial charge in [-0.15, -0.1) is 0 Å². The molecule has 112 valence electrons. The molecule has 0 saturated carbocycles. The molecule has 0 amide bonds. The van der Waals surface area contributed by atoms with Crippen LogP contribution < -0.4 is 4.90 Å². The van der Waals surface area contributed by atoms with Crippen molar-refractivity contribution in [2.45, 2.75) is 19.1 Å². The van der Waals surface area contributed by atoms with Gasteiger partial charge in [-0.3, -0.25) is 0 Å². The number of hydrogen-bond donors (Lipinski definition) is 0. The fourth-order valence-electron chi connectivity index (χ4n) is 2.46. The number of rotatable bonds is 1. The molecule has 1 aliphatic rings. The molecule has 3 rings (SSSR count). The van der Waals surface area contributed by atoms with Crippen LogP contribution in [0.3, 0.4) is 0 Å². The summed E-state index contributed by atoms with van der Waals surface area (Å²) in [6.07, 6.45) is -1.14. The van der Waals surface area contributed by atoms with Gasteiger partial charge in [0, 0.05) is 31.9 Å². The SMILES string of the molecule is Cn1cnc2c1CCN(c1ncc(C(F)(F)F)cc1Cl)C2. The average Bonchev–Trinajstić information content (AvgIpc) is 2.79. The first-order chi connectivity index (χ1) is 9.86. The van der Waals surface area contributed by atoms with E-state index in [4.69, 9.17) is 11.6 Å². The fraction of sp³-hybridized carbons (Fsp3) is 0.385.